The number of nitrogens with zero attached hydrogens (tertiary/aromatic N) is 1. The predicted molar refractivity (Wildman–Crippen MR) is 85.8 cm³/mol. The molecule has 0 aliphatic carbocycles. The van der Waals surface area contributed by atoms with Crippen LogP contribution in [-0.2, 0) is 6.42 Å². The molecule has 0 amide bonds. The van der Waals surface area contributed by atoms with E-state index >= 15 is 0 Å². The minimum atomic E-state index is -0.183. The van der Waals surface area contributed by atoms with E-state index in [1.54, 1.807) is 0 Å². The first-order chi connectivity index (χ1) is 10.1. The Kier molecular flexibility index (Phi) is 4.03. The summed E-state index contributed by atoms with van der Waals surface area (Å²) in [6, 6.07) is 3.67. The Bertz CT molecular complexity index is 759. The molecule has 7 heteroatoms. The fourth-order valence-electron chi connectivity index (χ4n) is 2.15. The molecule has 0 atom stereocenters. The number of nitrogens with one attached hydrogen (secondary N) is 1. The molecule has 0 saturated heterocycles. The van der Waals surface area contributed by atoms with Crippen molar-refractivity contribution in [2.75, 3.05) is 6.79 Å². The molecule has 1 aromatic heterocycles. The quantitative estimate of drug-likeness (QED) is 0.830. The van der Waals surface area contributed by atoms with Gasteiger partial charge in [0.25, 0.3) is 5.56 Å². The summed E-state index contributed by atoms with van der Waals surface area (Å²) in [5.74, 6) is 1.83. The second kappa shape index (κ2) is 5.81. The molecule has 1 aliphatic heterocycles. The van der Waals surface area contributed by atoms with Gasteiger partial charge in [-0.2, -0.15) is 0 Å². The molecule has 3 rings (SSSR count). The smallest absolute Gasteiger partial charge is 0.265 e. The van der Waals surface area contributed by atoms with Gasteiger partial charge in [-0.25, -0.2) is 4.98 Å². The van der Waals surface area contributed by atoms with Crippen molar-refractivity contribution >= 4 is 31.9 Å². The van der Waals surface area contributed by atoms with Gasteiger partial charge in [0.1, 0.15) is 10.3 Å². The Morgan fingerprint density at radius 1 is 1.33 bits per heavy atom. The molecule has 110 valence electrons. The van der Waals surface area contributed by atoms with Crippen LogP contribution < -0.4 is 15.0 Å². The summed E-state index contributed by atoms with van der Waals surface area (Å²) in [6.45, 7) is 2.24. The maximum absolute atomic E-state index is 12.0. The van der Waals surface area contributed by atoms with E-state index in [1.807, 2.05) is 19.1 Å². The van der Waals surface area contributed by atoms with Crippen molar-refractivity contribution in [3.63, 3.8) is 0 Å². The summed E-state index contributed by atoms with van der Waals surface area (Å²) in [4.78, 5) is 19.3. The molecule has 1 aliphatic rings. The van der Waals surface area contributed by atoms with Gasteiger partial charge in [-0.15, -0.1) is 0 Å². The van der Waals surface area contributed by atoms with E-state index < -0.39 is 0 Å². The van der Waals surface area contributed by atoms with Crippen molar-refractivity contribution in [1.29, 1.82) is 0 Å². The topological polar surface area (TPSA) is 64.2 Å². The SMILES string of the molecule is CCCc1nc(-c2cc(Br)c3c(c2)OCO3)[nH]c(=O)c1Br. The van der Waals surface area contributed by atoms with Crippen LogP contribution >= 0.6 is 31.9 Å². The van der Waals surface area contributed by atoms with E-state index in [0.717, 1.165) is 28.6 Å². The summed E-state index contributed by atoms with van der Waals surface area (Å²) in [7, 11) is 0. The number of hydrogen-bond donors (Lipinski definition) is 1. The number of aryl methyl sites for hydroxylation is 1. The van der Waals surface area contributed by atoms with Gasteiger partial charge in [0, 0.05) is 5.56 Å². The molecule has 1 N–H and O–H groups in total. The largest absolute Gasteiger partial charge is 0.454 e. The number of hydrogen-bond acceptors (Lipinski definition) is 4. The zero-order valence-corrected chi connectivity index (χ0v) is 14.4. The number of aromatic nitrogens is 2. The molecule has 1 aromatic carbocycles. The van der Waals surface area contributed by atoms with Gasteiger partial charge in [-0.1, -0.05) is 13.3 Å². The van der Waals surface area contributed by atoms with Gasteiger partial charge < -0.3 is 14.5 Å². The van der Waals surface area contributed by atoms with Crippen molar-refractivity contribution < 1.29 is 9.47 Å². The molecule has 0 saturated carbocycles. The number of ether oxygens (including phenoxy) is 2. The first kappa shape index (κ1) is 14.6. The van der Waals surface area contributed by atoms with Crippen molar-refractivity contribution in [3.8, 4) is 22.9 Å². The lowest BCUT2D eigenvalue weighted by Crippen LogP contribution is -2.13. The first-order valence-electron chi connectivity index (χ1n) is 6.48. The van der Waals surface area contributed by atoms with Crippen LogP contribution in [0.5, 0.6) is 11.5 Å². The number of rotatable bonds is 3. The number of benzene rings is 1. The molecule has 2 heterocycles. The van der Waals surface area contributed by atoms with Crippen LogP contribution in [0.2, 0.25) is 0 Å². The number of H-pyrrole nitrogens is 1. The highest BCUT2D eigenvalue weighted by atomic mass is 79.9. The standard InChI is InChI=1S/C14H12Br2N2O3/c1-2-3-9-11(16)14(19)18-13(17-9)7-4-8(15)12-10(5-7)20-6-21-12/h4-5H,2-3,6H2,1H3,(H,17,18,19). The second-order valence-electron chi connectivity index (χ2n) is 4.62. The third kappa shape index (κ3) is 2.72. The predicted octanol–water partition coefficient (Wildman–Crippen LogP) is 3.64. The van der Waals surface area contributed by atoms with Gasteiger partial charge in [-0.3, -0.25) is 4.79 Å². The van der Waals surface area contributed by atoms with E-state index in [4.69, 9.17) is 9.47 Å². The lowest BCUT2D eigenvalue weighted by molar-refractivity contribution is 0.173. The minimum absolute atomic E-state index is 0.183. The number of aromatic amines is 1. The van der Waals surface area contributed by atoms with Crippen LogP contribution in [-0.4, -0.2) is 16.8 Å². The van der Waals surface area contributed by atoms with E-state index in [0.29, 0.717) is 21.8 Å². The van der Waals surface area contributed by atoms with Crippen LogP contribution in [0.15, 0.2) is 25.9 Å². The normalized spacial score (nSPS) is 12.7. The fraction of sp³-hybridized carbons (Fsp3) is 0.286. The van der Waals surface area contributed by atoms with Crippen molar-refractivity contribution in [1.82, 2.24) is 9.97 Å². The van der Waals surface area contributed by atoms with E-state index in [-0.39, 0.29) is 12.4 Å². The molecular weight excluding hydrogens is 404 g/mol. The van der Waals surface area contributed by atoms with Crippen LogP contribution in [0, 0.1) is 0 Å². The van der Waals surface area contributed by atoms with Gasteiger partial charge in [0.05, 0.1) is 10.2 Å². The van der Waals surface area contributed by atoms with Crippen LogP contribution in [0.4, 0.5) is 0 Å². The van der Waals surface area contributed by atoms with E-state index in [2.05, 4.69) is 41.8 Å². The maximum Gasteiger partial charge on any atom is 0.265 e. The van der Waals surface area contributed by atoms with Gasteiger partial charge in [-0.05, 0) is 50.4 Å². The average Bonchev–Trinajstić information content (AvgIpc) is 2.92. The molecule has 0 bridgehead atoms. The first-order valence-corrected chi connectivity index (χ1v) is 8.07. The molecule has 0 spiro atoms. The fourth-order valence-corrected chi connectivity index (χ4v) is 3.09. The lowest BCUT2D eigenvalue weighted by atomic mass is 10.1. The highest BCUT2D eigenvalue weighted by molar-refractivity contribution is 9.10. The summed E-state index contributed by atoms with van der Waals surface area (Å²) < 4.78 is 12.0. The Morgan fingerprint density at radius 2 is 2.14 bits per heavy atom. The van der Waals surface area contributed by atoms with Gasteiger partial charge >= 0.3 is 0 Å². The van der Waals surface area contributed by atoms with E-state index in [1.165, 1.54) is 0 Å². The highest BCUT2D eigenvalue weighted by Crippen LogP contribution is 2.41. The Hall–Kier alpha value is -1.34. The second-order valence-corrected chi connectivity index (χ2v) is 6.26. The Balaban J connectivity index is 2.13. The molecule has 0 fully saturated rings. The summed E-state index contributed by atoms with van der Waals surface area (Å²) in [6.07, 6.45) is 1.66. The minimum Gasteiger partial charge on any atom is -0.454 e. The third-order valence-electron chi connectivity index (χ3n) is 3.12. The summed E-state index contributed by atoms with van der Waals surface area (Å²) in [5.41, 5.74) is 1.34. The Morgan fingerprint density at radius 3 is 2.90 bits per heavy atom. The lowest BCUT2D eigenvalue weighted by Gasteiger charge is -2.08. The maximum atomic E-state index is 12.0. The van der Waals surface area contributed by atoms with Crippen molar-refractivity contribution in [2.45, 2.75) is 19.8 Å². The Labute approximate surface area is 138 Å². The monoisotopic (exact) mass is 414 g/mol. The van der Waals surface area contributed by atoms with Crippen molar-refractivity contribution in [2.24, 2.45) is 0 Å². The van der Waals surface area contributed by atoms with Crippen LogP contribution in [0.25, 0.3) is 11.4 Å². The van der Waals surface area contributed by atoms with Gasteiger partial charge in [0.2, 0.25) is 6.79 Å². The highest BCUT2D eigenvalue weighted by Gasteiger charge is 2.20. The molecule has 2 aromatic rings. The zero-order chi connectivity index (χ0) is 15.0. The number of halogens is 2. The van der Waals surface area contributed by atoms with Gasteiger partial charge in [0.15, 0.2) is 11.5 Å². The number of fused-ring (bicyclic) bond motifs is 1. The van der Waals surface area contributed by atoms with E-state index in [9.17, 15) is 4.79 Å². The molecule has 5 nitrogen and oxygen atoms in total. The van der Waals surface area contributed by atoms with Crippen LogP contribution in [0.3, 0.4) is 0 Å². The van der Waals surface area contributed by atoms with Crippen molar-refractivity contribution in [3.05, 3.63) is 37.1 Å². The van der Waals surface area contributed by atoms with Crippen LogP contribution in [0.1, 0.15) is 19.0 Å². The summed E-state index contributed by atoms with van der Waals surface area (Å²) >= 11 is 6.74. The average molecular weight is 416 g/mol. The zero-order valence-electron chi connectivity index (χ0n) is 11.2. The molecule has 0 radical (unpaired) electrons. The molecule has 21 heavy (non-hydrogen) atoms. The third-order valence-corrected chi connectivity index (χ3v) is 4.53. The summed E-state index contributed by atoms with van der Waals surface area (Å²) in [5, 5.41) is 0. The molecular formula is C14H12Br2N2O3. The molecule has 0 unspecified atom stereocenters.